The number of hydrogen-bond acceptors (Lipinski definition) is 6. The smallest absolute Gasteiger partial charge is 0.419 e. The average Bonchev–Trinajstić information content (AvgIpc) is 2.44. The molecule has 0 bridgehead atoms. The van der Waals surface area contributed by atoms with E-state index in [-0.39, 0.29) is 0 Å². The molecule has 0 aliphatic heterocycles. The lowest BCUT2D eigenvalue weighted by molar-refractivity contribution is -0.268. The zero-order valence-electron chi connectivity index (χ0n) is 11.7. The van der Waals surface area contributed by atoms with Crippen molar-refractivity contribution in [2.75, 3.05) is 13.3 Å². The van der Waals surface area contributed by atoms with Gasteiger partial charge in [0, 0.05) is 6.42 Å². The number of hydrogen-bond donors (Lipinski definition) is 3. The number of carbonyl (C=O) groups is 1. The lowest BCUT2D eigenvalue weighted by Gasteiger charge is -2.27. The van der Waals surface area contributed by atoms with Gasteiger partial charge in [0.25, 0.3) is 10.1 Å². The molecule has 136 valence electrons. The topological polar surface area (TPSA) is 121 Å². The van der Waals surface area contributed by atoms with Crippen LogP contribution in [0.1, 0.15) is 16.8 Å². The highest BCUT2D eigenvalue weighted by Gasteiger charge is 2.53. The van der Waals surface area contributed by atoms with Crippen molar-refractivity contribution in [3.05, 3.63) is 23.8 Å². The highest BCUT2D eigenvalue weighted by Crippen LogP contribution is 2.33. The summed E-state index contributed by atoms with van der Waals surface area (Å²) in [5.74, 6) is -2.19. The van der Waals surface area contributed by atoms with Crippen LogP contribution in [-0.2, 0) is 14.9 Å². The lowest BCUT2D eigenvalue weighted by Crippen LogP contribution is -2.48. The number of aromatic hydroxyl groups is 1. The Kier molecular flexibility index (Phi) is 5.79. The van der Waals surface area contributed by atoms with Crippen LogP contribution in [0.5, 0.6) is 5.75 Å². The number of benzene rings is 1. The Labute approximate surface area is 133 Å². The SMILES string of the molecule is O=C(OCCC(O)(CF)C(F)(F)F)c1cc(S(=O)(=O)O)ccc1O. The minimum Gasteiger partial charge on any atom is -0.507 e. The normalized spacial score (nSPS) is 14.9. The maximum atomic E-state index is 12.4. The second-order valence-electron chi connectivity index (χ2n) is 4.70. The summed E-state index contributed by atoms with van der Waals surface area (Å²) >= 11 is 0. The Morgan fingerprint density at radius 3 is 2.29 bits per heavy atom. The molecule has 0 saturated carbocycles. The van der Waals surface area contributed by atoms with Crippen LogP contribution in [0.25, 0.3) is 0 Å². The molecule has 1 unspecified atom stereocenters. The minimum absolute atomic E-state index is 0.540. The van der Waals surface area contributed by atoms with Crippen LogP contribution in [-0.4, -0.2) is 54.2 Å². The molecule has 0 fully saturated rings. The summed E-state index contributed by atoms with van der Waals surface area (Å²) in [6, 6.07) is 2.05. The fourth-order valence-electron chi connectivity index (χ4n) is 1.51. The van der Waals surface area contributed by atoms with Crippen molar-refractivity contribution < 1.29 is 50.3 Å². The third-order valence-electron chi connectivity index (χ3n) is 2.98. The molecule has 0 radical (unpaired) electrons. The predicted octanol–water partition coefficient (Wildman–Crippen LogP) is 1.45. The van der Waals surface area contributed by atoms with Crippen molar-refractivity contribution in [3.63, 3.8) is 0 Å². The maximum Gasteiger partial charge on any atom is 0.419 e. The molecule has 0 amide bonds. The summed E-state index contributed by atoms with van der Waals surface area (Å²) in [6.07, 6.45) is -6.60. The van der Waals surface area contributed by atoms with Gasteiger partial charge in [-0.3, -0.25) is 4.55 Å². The molecule has 1 atom stereocenters. The highest BCUT2D eigenvalue weighted by atomic mass is 32.2. The fourth-order valence-corrected chi connectivity index (χ4v) is 2.02. The Morgan fingerprint density at radius 2 is 1.83 bits per heavy atom. The molecule has 1 rings (SSSR count). The monoisotopic (exact) mass is 376 g/mol. The molecular weight excluding hydrogens is 364 g/mol. The van der Waals surface area contributed by atoms with E-state index >= 15 is 0 Å². The van der Waals surface area contributed by atoms with E-state index in [1.165, 1.54) is 0 Å². The van der Waals surface area contributed by atoms with Gasteiger partial charge in [-0.05, 0) is 18.2 Å². The number of ether oxygens (including phenoxy) is 1. The number of halogens is 4. The third kappa shape index (κ3) is 4.55. The van der Waals surface area contributed by atoms with Crippen molar-refractivity contribution >= 4 is 16.1 Å². The van der Waals surface area contributed by atoms with Gasteiger partial charge >= 0.3 is 12.1 Å². The van der Waals surface area contributed by atoms with Gasteiger partial charge in [-0.2, -0.15) is 21.6 Å². The van der Waals surface area contributed by atoms with Gasteiger partial charge in [0.2, 0.25) is 0 Å². The second-order valence-corrected chi connectivity index (χ2v) is 6.12. The van der Waals surface area contributed by atoms with Crippen LogP contribution in [0.4, 0.5) is 17.6 Å². The van der Waals surface area contributed by atoms with E-state index in [9.17, 15) is 35.9 Å². The van der Waals surface area contributed by atoms with Crippen LogP contribution >= 0.6 is 0 Å². The molecule has 0 aliphatic carbocycles. The number of alkyl halides is 4. The summed E-state index contributed by atoms with van der Waals surface area (Å²) in [5.41, 5.74) is -4.45. The van der Waals surface area contributed by atoms with Gasteiger partial charge in [0.05, 0.1) is 11.5 Å². The molecule has 12 heteroatoms. The average molecular weight is 376 g/mol. The van der Waals surface area contributed by atoms with Crippen LogP contribution in [0.2, 0.25) is 0 Å². The van der Waals surface area contributed by atoms with Crippen molar-refractivity contribution in [2.24, 2.45) is 0 Å². The quantitative estimate of drug-likeness (QED) is 0.390. The molecule has 0 saturated heterocycles. The molecule has 0 aromatic heterocycles. The maximum absolute atomic E-state index is 12.4. The number of esters is 1. The first kappa shape index (κ1) is 20.1. The first-order valence-corrected chi connectivity index (χ1v) is 7.58. The van der Waals surface area contributed by atoms with Gasteiger partial charge in [0.15, 0.2) is 5.60 Å². The summed E-state index contributed by atoms with van der Waals surface area (Å²) in [6.45, 7) is -3.22. The summed E-state index contributed by atoms with van der Waals surface area (Å²) in [4.78, 5) is 10.9. The minimum atomic E-state index is -5.29. The van der Waals surface area contributed by atoms with Crippen LogP contribution in [0, 0.1) is 0 Å². The Bertz CT molecular complexity index is 717. The van der Waals surface area contributed by atoms with E-state index in [1.807, 2.05) is 0 Å². The van der Waals surface area contributed by atoms with Crippen LogP contribution in [0.15, 0.2) is 23.1 Å². The van der Waals surface area contributed by atoms with E-state index in [2.05, 4.69) is 4.74 Å². The molecule has 3 N–H and O–H groups in total. The Balaban J connectivity index is 2.87. The van der Waals surface area contributed by atoms with E-state index in [4.69, 9.17) is 9.66 Å². The van der Waals surface area contributed by atoms with Gasteiger partial charge in [-0.15, -0.1) is 0 Å². The van der Waals surface area contributed by atoms with Gasteiger partial charge in [-0.1, -0.05) is 0 Å². The van der Waals surface area contributed by atoms with Crippen molar-refractivity contribution in [1.82, 2.24) is 0 Å². The third-order valence-corrected chi connectivity index (χ3v) is 3.83. The fraction of sp³-hybridized carbons (Fsp3) is 0.417. The molecule has 0 heterocycles. The largest absolute Gasteiger partial charge is 0.507 e. The van der Waals surface area contributed by atoms with Gasteiger partial charge < -0.3 is 14.9 Å². The predicted molar refractivity (Wildman–Crippen MR) is 69.8 cm³/mol. The van der Waals surface area contributed by atoms with Crippen molar-refractivity contribution in [3.8, 4) is 5.75 Å². The molecule has 1 aromatic carbocycles. The number of phenols is 1. The number of aliphatic hydroxyl groups is 1. The molecule has 0 aliphatic rings. The highest BCUT2D eigenvalue weighted by molar-refractivity contribution is 7.85. The van der Waals surface area contributed by atoms with E-state index in [0.29, 0.717) is 6.07 Å². The number of rotatable bonds is 6. The van der Waals surface area contributed by atoms with Gasteiger partial charge in [0.1, 0.15) is 18.0 Å². The zero-order chi connectivity index (χ0) is 18.8. The molecular formula is C12H12F4O7S. The van der Waals surface area contributed by atoms with Crippen LogP contribution < -0.4 is 0 Å². The summed E-state index contributed by atoms with van der Waals surface area (Å²) < 4.78 is 84.8. The molecule has 7 nitrogen and oxygen atoms in total. The van der Waals surface area contributed by atoms with Crippen molar-refractivity contribution in [1.29, 1.82) is 0 Å². The molecule has 0 spiro atoms. The lowest BCUT2D eigenvalue weighted by atomic mass is 10.0. The second kappa shape index (κ2) is 6.91. The molecule has 24 heavy (non-hydrogen) atoms. The summed E-state index contributed by atoms with van der Waals surface area (Å²) in [5, 5.41) is 18.5. The first-order chi connectivity index (χ1) is 10.8. The standard InChI is InChI=1S/C12H12F4O7S/c13-6-11(19,12(14,15)16)3-4-23-10(18)8-5-7(24(20,21)22)1-2-9(8)17/h1-2,5,17,19H,3-4,6H2,(H,20,21,22). The van der Waals surface area contributed by atoms with Crippen molar-refractivity contribution in [2.45, 2.75) is 23.1 Å². The van der Waals surface area contributed by atoms with Crippen LogP contribution in [0.3, 0.4) is 0 Å². The van der Waals surface area contributed by atoms with Gasteiger partial charge in [-0.25, -0.2) is 9.18 Å². The Hall–Kier alpha value is -1.92. The van der Waals surface area contributed by atoms with E-state index < -0.39 is 63.8 Å². The van der Waals surface area contributed by atoms with E-state index in [0.717, 1.165) is 12.1 Å². The number of carbonyl (C=O) groups excluding carboxylic acids is 1. The number of phenolic OH excluding ortho intramolecular Hbond substituents is 1. The summed E-state index contributed by atoms with van der Waals surface area (Å²) in [7, 11) is -4.70. The zero-order valence-corrected chi connectivity index (χ0v) is 12.6. The first-order valence-electron chi connectivity index (χ1n) is 6.14. The van der Waals surface area contributed by atoms with E-state index in [1.54, 1.807) is 0 Å². The Morgan fingerprint density at radius 1 is 1.25 bits per heavy atom. The molecule has 1 aromatic rings.